The van der Waals surface area contributed by atoms with Gasteiger partial charge in [-0.25, -0.2) is 4.79 Å². The van der Waals surface area contributed by atoms with Crippen molar-refractivity contribution in [3.05, 3.63) is 29.8 Å². The predicted octanol–water partition coefficient (Wildman–Crippen LogP) is 1.99. The zero-order valence-corrected chi connectivity index (χ0v) is 9.34. The van der Waals surface area contributed by atoms with Gasteiger partial charge in [0.05, 0.1) is 12.0 Å². The van der Waals surface area contributed by atoms with Gasteiger partial charge in [0, 0.05) is 6.08 Å². The van der Waals surface area contributed by atoms with Crippen molar-refractivity contribution in [2.24, 2.45) is 0 Å². The Morgan fingerprint density at radius 3 is 3.18 bits per heavy atom. The molecule has 1 aromatic carbocycles. The normalized spacial score (nSPS) is 11.1. The highest BCUT2D eigenvalue weighted by molar-refractivity contribution is 5.91. The fourth-order valence-electron chi connectivity index (χ4n) is 1.43. The summed E-state index contributed by atoms with van der Waals surface area (Å²) >= 11 is 0. The highest BCUT2D eigenvalue weighted by Crippen LogP contribution is 2.21. The first kappa shape index (κ1) is 11.2. The minimum Gasteiger partial charge on any atom is -0.463 e. The Morgan fingerprint density at radius 2 is 2.41 bits per heavy atom. The van der Waals surface area contributed by atoms with Crippen LogP contribution in [0.3, 0.4) is 0 Å². The van der Waals surface area contributed by atoms with Crippen molar-refractivity contribution in [2.75, 3.05) is 12.3 Å². The van der Waals surface area contributed by atoms with E-state index in [1.165, 1.54) is 6.08 Å². The molecule has 0 atom stereocenters. The molecule has 5 nitrogen and oxygen atoms in total. The van der Waals surface area contributed by atoms with Crippen molar-refractivity contribution in [2.45, 2.75) is 6.92 Å². The fourth-order valence-corrected chi connectivity index (χ4v) is 1.43. The first-order valence-electron chi connectivity index (χ1n) is 5.20. The van der Waals surface area contributed by atoms with E-state index in [4.69, 9.17) is 15.0 Å². The molecule has 0 bridgehead atoms. The zero-order chi connectivity index (χ0) is 12.3. The van der Waals surface area contributed by atoms with Gasteiger partial charge in [-0.05, 0) is 30.7 Å². The maximum Gasteiger partial charge on any atom is 0.330 e. The lowest BCUT2D eigenvalue weighted by Crippen LogP contribution is -1.98. The second kappa shape index (κ2) is 4.69. The molecular weight excluding hydrogens is 220 g/mol. The second-order valence-corrected chi connectivity index (χ2v) is 3.41. The van der Waals surface area contributed by atoms with E-state index in [1.807, 2.05) is 6.07 Å². The van der Waals surface area contributed by atoms with Crippen LogP contribution in [0.4, 0.5) is 5.82 Å². The van der Waals surface area contributed by atoms with E-state index < -0.39 is 0 Å². The number of nitrogens with zero attached hydrogens (tertiary/aromatic N) is 1. The molecule has 2 aromatic rings. The molecule has 17 heavy (non-hydrogen) atoms. The zero-order valence-electron chi connectivity index (χ0n) is 9.34. The maximum atomic E-state index is 11.1. The van der Waals surface area contributed by atoms with Crippen LogP contribution in [0.15, 0.2) is 28.8 Å². The summed E-state index contributed by atoms with van der Waals surface area (Å²) < 4.78 is 9.76. The minimum atomic E-state index is -0.370. The van der Waals surface area contributed by atoms with Crippen molar-refractivity contribution >= 4 is 28.8 Å². The second-order valence-electron chi connectivity index (χ2n) is 3.41. The number of aromatic nitrogens is 1. The van der Waals surface area contributed by atoms with Crippen LogP contribution in [-0.2, 0) is 9.53 Å². The van der Waals surface area contributed by atoms with Gasteiger partial charge >= 0.3 is 5.97 Å². The molecule has 0 radical (unpaired) electrons. The molecule has 0 saturated carbocycles. The van der Waals surface area contributed by atoms with Gasteiger partial charge in [0.15, 0.2) is 11.4 Å². The van der Waals surface area contributed by atoms with Gasteiger partial charge < -0.3 is 15.0 Å². The Morgan fingerprint density at radius 1 is 1.59 bits per heavy atom. The first-order chi connectivity index (χ1) is 8.20. The lowest BCUT2D eigenvalue weighted by atomic mass is 10.1. The highest BCUT2D eigenvalue weighted by atomic mass is 16.5. The highest BCUT2D eigenvalue weighted by Gasteiger charge is 2.04. The molecule has 5 heteroatoms. The van der Waals surface area contributed by atoms with Crippen molar-refractivity contribution in [1.29, 1.82) is 0 Å². The summed E-state index contributed by atoms with van der Waals surface area (Å²) in [7, 11) is 0. The molecule has 2 rings (SSSR count). The Kier molecular flexibility index (Phi) is 3.09. The van der Waals surface area contributed by atoms with Crippen LogP contribution in [0.1, 0.15) is 12.5 Å². The monoisotopic (exact) mass is 232 g/mol. The van der Waals surface area contributed by atoms with E-state index in [9.17, 15) is 4.79 Å². The predicted molar refractivity (Wildman–Crippen MR) is 64.1 cm³/mol. The number of nitrogens with two attached hydrogens (primary N) is 1. The van der Waals surface area contributed by atoms with Crippen LogP contribution < -0.4 is 5.73 Å². The largest absolute Gasteiger partial charge is 0.463 e. The number of esters is 1. The topological polar surface area (TPSA) is 78.3 Å². The molecule has 1 aromatic heterocycles. The van der Waals surface area contributed by atoms with Gasteiger partial charge in [-0.15, -0.1) is 0 Å². The third-order valence-electron chi connectivity index (χ3n) is 2.22. The van der Waals surface area contributed by atoms with Gasteiger partial charge in [0.25, 0.3) is 0 Å². The van der Waals surface area contributed by atoms with Crippen molar-refractivity contribution in [3.63, 3.8) is 0 Å². The smallest absolute Gasteiger partial charge is 0.330 e. The fraction of sp³-hybridized carbons (Fsp3) is 0.167. The van der Waals surface area contributed by atoms with Crippen molar-refractivity contribution in [1.82, 2.24) is 5.16 Å². The lowest BCUT2D eigenvalue weighted by Gasteiger charge is -1.95. The van der Waals surface area contributed by atoms with E-state index in [0.717, 1.165) is 10.9 Å². The molecule has 0 aliphatic carbocycles. The van der Waals surface area contributed by atoms with Crippen LogP contribution >= 0.6 is 0 Å². The van der Waals surface area contributed by atoms with Crippen LogP contribution in [0, 0.1) is 0 Å². The van der Waals surface area contributed by atoms with E-state index >= 15 is 0 Å². The Bertz CT molecular complexity index is 572. The van der Waals surface area contributed by atoms with E-state index in [0.29, 0.717) is 18.0 Å². The van der Waals surface area contributed by atoms with Gasteiger partial charge in [0.2, 0.25) is 0 Å². The summed E-state index contributed by atoms with van der Waals surface area (Å²) in [4.78, 5) is 11.1. The molecule has 0 unspecified atom stereocenters. The molecule has 0 amide bonds. The number of anilines is 1. The SMILES string of the molecule is CCOC(=O)C=Cc1ccc2onc(N)c2c1. The van der Waals surface area contributed by atoms with Gasteiger partial charge in [-0.2, -0.15) is 0 Å². The van der Waals surface area contributed by atoms with E-state index in [2.05, 4.69) is 5.16 Å². The molecule has 2 N–H and O–H groups in total. The van der Waals surface area contributed by atoms with Crippen molar-refractivity contribution < 1.29 is 14.1 Å². The summed E-state index contributed by atoms with van der Waals surface area (Å²) in [6, 6.07) is 5.36. The quantitative estimate of drug-likeness (QED) is 0.646. The Labute approximate surface area is 97.8 Å². The van der Waals surface area contributed by atoms with Crippen LogP contribution in [0.2, 0.25) is 0 Å². The number of hydrogen-bond acceptors (Lipinski definition) is 5. The minimum absolute atomic E-state index is 0.339. The maximum absolute atomic E-state index is 11.1. The molecule has 0 aliphatic rings. The lowest BCUT2D eigenvalue weighted by molar-refractivity contribution is -0.137. The van der Waals surface area contributed by atoms with Gasteiger partial charge in [0.1, 0.15) is 0 Å². The number of nitrogen functional groups attached to an aromatic ring is 1. The summed E-state index contributed by atoms with van der Waals surface area (Å²) in [5.41, 5.74) is 7.08. The number of hydrogen-bond donors (Lipinski definition) is 1. The number of fused-ring (bicyclic) bond motifs is 1. The molecule has 1 heterocycles. The molecular formula is C12H12N2O3. The molecule has 0 saturated heterocycles. The number of carbonyl (C=O) groups is 1. The first-order valence-corrected chi connectivity index (χ1v) is 5.20. The Balaban J connectivity index is 2.24. The van der Waals surface area contributed by atoms with Crippen LogP contribution in [0.25, 0.3) is 17.0 Å². The van der Waals surface area contributed by atoms with E-state index in [1.54, 1.807) is 25.1 Å². The van der Waals surface area contributed by atoms with Crippen LogP contribution in [-0.4, -0.2) is 17.7 Å². The van der Waals surface area contributed by atoms with Gasteiger partial charge in [-0.3, -0.25) is 0 Å². The van der Waals surface area contributed by atoms with Crippen LogP contribution in [0.5, 0.6) is 0 Å². The average Bonchev–Trinajstić information content (AvgIpc) is 2.69. The molecule has 88 valence electrons. The standard InChI is InChI=1S/C12H12N2O3/c1-2-16-11(15)6-4-8-3-5-10-9(7-8)12(13)14-17-10/h3-7H,2H2,1H3,(H2,13,14). The average molecular weight is 232 g/mol. The number of ether oxygens (including phenoxy) is 1. The summed E-state index contributed by atoms with van der Waals surface area (Å²) in [6.07, 6.45) is 3.03. The summed E-state index contributed by atoms with van der Waals surface area (Å²) in [5, 5.41) is 4.38. The number of rotatable bonds is 3. The third kappa shape index (κ3) is 2.44. The molecule has 0 aliphatic heterocycles. The number of benzene rings is 1. The molecule has 0 fully saturated rings. The third-order valence-corrected chi connectivity index (χ3v) is 2.22. The van der Waals surface area contributed by atoms with E-state index in [-0.39, 0.29) is 5.97 Å². The van der Waals surface area contributed by atoms with Crippen molar-refractivity contribution in [3.8, 4) is 0 Å². The summed E-state index contributed by atoms with van der Waals surface area (Å²) in [6.45, 7) is 2.12. The Hall–Kier alpha value is -2.30. The summed E-state index contributed by atoms with van der Waals surface area (Å²) in [5.74, 6) is -0.0303. The molecule has 0 spiro atoms. The van der Waals surface area contributed by atoms with Gasteiger partial charge in [-0.1, -0.05) is 11.2 Å². The number of carbonyl (C=O) groups excluding carboxylic acids is 1.